The van der Waals surface area contributed by atoms with Crippen molar-refractivity contribution < 1.29 is 14.3 Å². The number of nitrogens with zero attached hydrogens (tertiary/aromatic N) is 1. The third kappa shape index (κ3) is 5.85. The van der Waals surface area contributed by atoms with Gasteiger partial charge in [-0.1, -0.05) is 31.2 Å². The minimum Gasteiger partial charge on any atom is -0.493 e. The molecule has 0 aliphatic carbocycles. The second kappa shape index (κ2) is 11.0. The number of amides is 1. The summed E-state index contributed by atoms with van der Waals surface area (Å²) in [4.78, 5) is 14.9. The van der Waals surface area contributed by atoms with Crippen molar-refractivity contribution >= 4 is 24.0 Å². The zero-order valence-electron chi connectivity index (χ0n) is 17.2. The molecule has 1 amide bonds. The summed E-state index contributed by atoms with van der Waals surface area (Å²) in [5, 5.41) is 6.41. The molecule has 7 heteroatoms. The van der Waals surface area contributed by atoms with Crippen molar-refractivity contribution in [3.05, 3.63) is 53.6 Å². The lowest BCUT2D eigenvalue weighted by molar-refractivity contribution is -0.118. The molecule has 0 aromatic heterocycles. The Hall–Kier alpha value is -2.28. The fourth-order valence-electron chi connectivity index (χ4n) is 3.54. The van der Waals surface area contributed by atoms with Crippen LogP contribution in [0, 0.1) is 0 Å². The highest BCUT2D eigenvalue weighted by molar-refractivity contribution is 5.92. The van der Waals surface area contributed by atoms with Gasteiger partial charge in [-0.2, -0.15) is 0 Å². The number of hydrogen-bond acceptors (Lipinski definition) is 5. The molecular weight excluding hydrogens is 390 g/mol. The van der Waals surface area contributed by atoms with Crippen molar-refractivity contribution in [2.75, 3.05) is 45.7 Å². The largest absolute Gasteiger partial charge is 0.493 e. The van der Waals surface area contributed by atoms with Crippen LogP contribution in [0.4, 0.5) is 5.69 Å². The van der Waals surface area contributed by atoms with Gasteiger partial charge in [0.2, 0.25) is 5.91 Å². The number of rotatable bonds is 7. The summed E-state index contributed by atoms with van der Waals surface area (Å²) in [6.45, 7) is 5.06. The van der Waals surface area contributed by atoms with Crippen LogP contribution in [-0.4, -0.2) is 51.2 Å². The Kier molecular flexibility index (Phi) is 8.76. The maximum absolute atomic E-state index is 12.7. The first-order valence-corrected chi connectivity index (χ1v) is 9.70. The summed E-state index contributed by atoms with van der Waals surface area (Å²) in [5.74, 6) is 1.19. The van der Waals surface area contributed by atoms with Crippen molar-refractivity contribution in [1.82, 2.24) is 10.2 Å². The summed E-state index contributed by atoms with van der Waals surface area (Å²) in [6, 6.07) is 14.3. The average Bonchev–Trinajstić information content (AvgIpc) is 2.74. The van der Waals surface area contributed by atoms with Crippen LogP contribution in [-0.2, 0) is 11.2 Å². The van der Waals surface area contributed by atoms with Gasteiger partial charge >= 0.3 is 0 Å². The van der Waals surface area contributed by atoms with Gasteiger partial charge < -0.3 is 20.1 Å². The predicted molar refractivity (Wildman–Crippen MR) is 118 cm³/mol. The predicted octanol–water partition coefficient (Wildman–Crippen LogP) is 3.27. The van der Waals surface area contributed by atoms with Gasteiger partial charge in [0, 0.05) is 37.4 Å². The van der Waals surface area contributed by atoms with E-state index in [0.29, 0.717) is 23.7 Å². The monoisotopic (exact) mass is 419 g/mol. The number of halogens is 1. The fourth-order valence-corrected chi connectivity index (χ4v) is 3.54. The highest BCUT2D eigenvalue weighted by Gasteiger charge is 2.25. The maximum atomic E-state index is 12.7. The lowest BCUT2D eigenvalue weighted by atomic mass is 10.0. The Balaban J connectivity index is 0.00000300. The topological polar surface area (TPSA) is 62.8 Å². The van der Waals surface area contributed by atoms with E-state index in [1.807, 2.05) is 6.07 Å². The second-order valence-electron chi connectivity index (χ2n) is 6.90. The summed E-state index contributed by atoms with van der Waals surface area (Å²) < 4.78 is 10.6. The van der Waals surface area contributed by atoms with Crippen molar-refractivity contribution in [2.45, 2.75) is 19.4 Å². The summed E-state index contributed by atoms with van der Waals surface area (Å²) in [6.07, 6.45) is 1.03. The summed E-state index contributed by atoms with van der Waals surface area (Å²) in [5.41, 5.74) is 3.26. The molecule has 0 bridgehead atoms. The van der Waals surface area contributed by atoms with Crippen LogP contribution in [0.5, 0.6) is 11.5 Å². The molecule has 2 aromatic rings. The summed E-state index contributed by atoms with van der Waals surface area (Å²) >= 11 is 0. The molecule has 1 heterocycles. The molecule has 1 atom stereocenters. The Labute approximate surface area is 179 Å². The lowest BCUT2D eigenvalue weighted by Crippen LogP contribution is -2.48. The first-order valence-electron chi connectivity index (χ1n) is 9.70. The first-order chi connectivity index (χ1) is 13.6. The van der Waals surface area contributed by atoms with Gasteiger partial charge in [-0.3, -0.25) is 9.69 Å². The molecular formula is C22H30ClN3O3. The van der Waals surface area contributed by atoms with Gasteiger partial charge in [-0.15, -0.1) is 12.4 Å². The molecule has 2 aromatic carbocycles. The number of piperazine rings is 1. The van der Waals surface area contributed by atoms with Crippen LogP contribution in [0.1, 0.15) is 24.1 Å². The van der Waals surface area contributed by atoms with Gasteiger partial charge in [0.1, 0.15) is 0 Å². The number of carbonyl (C=O) groups excluding carboxylic acids is 1. The second-order valence-corrected chi connectivity index (χ2v) is 6.90. The highest BCUT2D eigenvalue weighted by Crippen LogP contribution is 2.30. The zero-order chi connectivity index (χ0) is 19.9. The van der Waals surface area contributed by atoms with Crippen LogP contribution < -0.4 is 20.1 Å². The number of hydrogen-bond donors (Lipinski definition) is 2. The molecule has 1 aliphatic rings. The Morgan fingerprint density at radius 2 is 1.86 bits per heavy atom. The third-order valence-corrected chi connectivity index (χ3v) is 5.14. The number of benzene rings is 2. The van der Waals surface area contributed by atoms with Crippen molar-refractivity contribution in [3.8, 4) is 11.5 Å². The standard InChI is InChI=1S/C22H29N3O3.ClH/c1-4-16-5-7-17(8-6-16)19-14-23-11-12-25(19)15-22(26)24-18-9-10-20(27-2)21(13-18)28-3;/h5-10,13,19,23H,4,11-12,14-15H2,1-3H3,(H,24,26);1H. The SMILES string of the molecule is CCc1ccc(C2CNCCN2CC(=O)Nc2ccc(OC)c(OC)c2)cc1.Cl. The molecule has 3 rings (SSSR count). The minimum absolute atomic E-state index is 0. The van der Waals surface area contributed by atoms with E-state index >= 15 is 0 Å². The molecule has 2 N–H and O–H groups in total. The van der Waals surface area contributed by atoms with Gasteiger partial charge in [0.15, 0.2) is 11.5 Å². The van der Waals surface area contributed by atoms with Gasteiger partial charge in [0.05, 0.1) is 20.8 Å². The number of nitrogens with one attached hydrogen (secondary N) is 2. The zero-order valence-corrected chi connectivity index (χ0v) is 18.1. The summed E-state index contributed by atoms with van der Waals surface area (Å²) in [7, 11) is 3.17. The Bertz CT molecular complexity index is 798. The number of aryl methyl sites for hydroxylation is 1. The van der Waals surface area contributed by atoms with Crippen LogP contribution in [0.3, 0.4) is 0 Å². The van der Waals surface area contributed by atoms with Crippen molar-refractivity contribution in [3.63, 3.8) is 0 Å². The first kappa shape index (κ1) is 23.0. The number of ether oxygens (including phenoxy) is 2. The molecule has 29 heavy (non-hydrogen) atoms. The van der Waals surface area contributed by atoms with E-state index in [-0.39, 0.29) is 24.4 Å². The van der Waals surface area contributed by atoms with Crippen molar-refractivity contribution in [1.29, 1.82) is 0 Å². The number of anilines is 1. The molecule has 158 valence electrons. The molecule has 0 saturated carbocycles. The van der Waals surface area contributed by atoms with E-state index in [9.17, 15) is 4.79 Å². The average molecular weight is 420 g/mol. The van der Waals surface area contributed by atoms with E-state index in [1.54, 1.807) is 26.4 Å². The smallest absolute Gasteiger partial charge is 0.238 e. The minimum atomic E-state index is -0.0377. The molecule has 1 fully saturated rings. The van der Waals surface area contributed by atoms with Gasteiger partial charge in [0.25, 0.3) is 0 Å². The van der Waals surface area contributed by atoms with Crippen molar-refractivity contribution in [2.24, 2.45) is 0 Å². The van der Waals surface area contributed by atoms with Crippen LogP contribution in [0.15, 0.2) is 42.5 Å². The van der Waals surface area contributed by atoms with E-state index in [4.69, 9.17) is 9.47 Å². The molecule has 1 unspecified atom stereocenters. The molecule has 0 spiro atoms. The van der Waals surface area contributed by atoms with Crippen LogP contribution in [0.2, 0.25) is 0 Å². The van der Waals surface area contributed by atoms with Gasteiger partial charge in [-0.25, -0.2) is 0 Å². The maximum Gasteiger partial charge on any atom is 0.238 e. The van der Waals surface area contributed by atoms with E-state index in [0.717, 1.165) is 26.1 Å². The quantitative estimate of drug-likeness (QED) is 0.721. The Morgan fingerprint density at radius 3 is 2.52 bits per heavy atom. The van der Waals surface area contributed by atoms with E-state index in [1.165, 1.54) is 11.1 Å². The Morgan fingerprint density at radius 1 is 1.14 bits per heavy atom. The molecule has 1 aliphatic heterocycles. The van der Waals surface area contributed by atoms with E-state index in [2.05, 4.69) is 46.7 Å². The highest BCUT2D eigenvalue weighted by atomic mass is 35.5. The third-order valence-electron chi connectivity index (χ3n) is 5.14. The lowest BCUT2D eigenvalue weighted by Gasteiger charge is -2.36. The normalized spacial score (nSPS) is 16.6. The fraction of sp³-hybridized carbons (Fsp3) is 0.409. The number of methoxy groups -OCH3 is 2. The number of carbonyl (C=O) groups is 1. The molecule has 1 saturated heterocycles. The van der Waals surface area contributed by atoms with Crippen LogP contribution >= 0.6 is 12.4 Å². The molecule has 0 radical (unpaired) electrons. The molecule has 6 nitrogen and oxygen atoms in total. The van der Waals surface area contributed by atoms with E-state index < -0.39 is 0 Å². The van der Waals surface area contributed by atoms with Gasteiger partial charge in [-0.05, 0) is 29.7 Å². The van der Waals surface area contributed by atoms with Crippen LogP contribution in [0.25, 0.3) is 0 Å².